The monoisotopic (exact) mass is 307 g/mol. The van der Waals surface area contributed by atoms with Gasteiger partial charge in [-0.25, -0.2) is 4.79 Å². The minimum absolute atomic E-state index is 0.0320. The third-order valence-corrected chi connectivity index (χ3v) is 3.92. The molecule has 7 nitrogen and oxygen atoms in total. The van der Waals surface area contributed by atoms with E-state index in [-0.39, 0.29) is 5.69 Å². The van der Waals surface area contributed by atoms with Crippen LogP contribution in [0.25, 0.3) is 0 Å². The van der Waals surface area contributed by atoms with E-state index < -0.39 is 11.0 Å². The first-order valence-electron chi connectivity index (χ1n) is 7.38. The van der Waals surface area contributed by atoms with E-state index in [2.05, 4.69) is 13.8 Å². The Balaban J connectivity index is 2.39. The van der Waals surface area contributed by atoms with Crippen molar-refractivity contribution in [3.8, 4) is 0 Å². The maximum absolute atomic E-state index is 11.8. The van der Waals surface area contributed by atoms with Crippen LogP contribution >= 0.6 is 0 Å². The van der Waals surface area contributed by atoms with Crippen molar-refractivity contribution in [2.45, 2.75) is 20.3 Å². The Kier molecular flexibility index (Phi) is 4.85. The third kappa shape index (κ3) is 3.29. The highest BCUT2D eigenvalue weighted by molar-refractivity contribution is 5.94. The van der Waals surface area contributed by atoms with Gasteiger partial charge in [0.05, 0.1) is 22.8 Å². The van der Waals surface area contributed by atoms with E-state index in [0.29, 0.717) is 24.8 Å². The van der Waals surface area contributed by atoms with Crippen LogP contribution in [0.5, 0.6) is 0 Å². The molecule has 0 bridgehead atoms. The number of carbonyl (C=O) groups excluding carboxylic acids is 1. The molecular formula is C15H21N3O4. The lowest BCUT2D eigenvalue weighted by atomic mass is 10.1. The molecule has 22 heavy (non-hydrogen) atoms. The van der Waals surface area contributed by atoms with Gasteiger partial charge in [0.2, 0.25) is 0 Å². The molecule has 1 aromatic carbocycles. The molecule has 1 saturated heterocycles. The molecule has 0 radical (unpaired) electrons. The van der Waals surface area contributed by atoms with Crippen LogP contribution < -0.4 is 9.80 Å². The lowest BCUT2D eigenvalue weighted by molar-refractivity contribution is -0.384. The van der Waals surface area contributed by atoms with Crippen LogP contribution in [0.15, 0.2) is 18.2 Å². The number of nitro benzene ring substituents is 1. The second-order valence-corrected chi connectivity index (χ2v) is 5.59. The van der Waals surface area contributed by atoms with Gasteiger partial charge in [-0.2, -0.15) is 0 Å². The van der Waals surface area contributed by atoms with Gasteiger partial charge < -0.3 is 9.64 Å². The minimum Gasteiger partial charge on any atom is -0.447 e. The number of rotatable bonds is 6. The smallest absolute Gasteiger partial charge is 0.414 e. The molecule has 1 amide bonds. The Hall–Kier alpha value is -2.31. The Morgan fingerprint density at radius 3 is 2.77 bits per heavy atom. The minimum atomic E-state index is -0.460. The second kappa shape index (κ2) is 6.64. The number of carbonyl (C=O) groups is 1. The first-order chi connectivity index (χ1) is 10.4. The summed E-state index contributed by atoms with van der Waals surface area (Å²) in [6.45, 7) is 5.78. The molecule has 0 saturated carbocycles. The SMILES string of the molecule is CCC(C)CN(C)c1ccc([N+](=O)[O-])cc1N1CCOC1=O. The number of nitrogens with zero attached hydrogens (tertiary/aromatic N) is 3. The number of anilines is 2. The first kappa shape index (κ1) is 16.1. The van der Waals surface area contributed by atoms with E-state index in [1.54, 1.807) is 6.07 Å². The van der Waals surface area contributed by atoms with Gasteiger partial charge in [-0.15, -0.1) is 0 Å². The number of non-ortho nitro benzene ring substituents is 1. The highest BCUT2D eigenvalue weighted by Gasteiger charge is 2.28. The Bertz CT molecular complexity index is 576. The second-order valence-electron chi connectivity index (χ2n) is 5.59. The van der Waals surface area contributed by atoms with E-state index >= 15 is 0 Å². The lowest BCUT2D eigenvalue weighted by Crippen LogP contribution is -2.29. The average molecular weight is 307 g/mol. The Labute approximate surface area is 129 Å². The van der Waals surface area contributed by atoms with E-state index in [9.17, 15) is 14.9 Å². The number of benzene rings is 1. The molecule has 0 N–H and O–H groups in total. The Morgan fingerprint density at radius 2 is 2.23 bits per heavy atom. The highest BCUT2D eigenvalue weighted by Crippen LogP contribution is 2.34. The fourth-order valence-corrected chi connectivity index (χ4v) is 2.47. The summed E-state index contributed by atoms with van der Waals surface area (Å²) in [5.41, 5.74) is 1.29. The van der Waals surface area contributed by atoms with Crippen LogP contribution in [0.1, 0.15) is 20.3 Å². The molecule has 1 aromatic rings. The van der Waals surface area contributed by atoms with Crippen molar-refractivity contribution in [2.24, 2.45) is 5.92 Å². The summed E-state index contributed by atoms with van der Waals surface area (Å²) in [7, 11) is 1.93. The number of nitro groups is 1. The number of hydrogen-bond donors (Lipinski definition) is 0. The molecule has 1 heterocycles. The fourth-order valence-electron chi connectivity index (χ4n) is 2.47. The average Bonchev–Trinajstić information content (AvgIpc) is 2.92. The summed E-state index contributed by atoms with van der Waals surface area (Å²) in [5.74, 6) is 0.485. The topological polar surface area (TPSA) is 75.9 Å². The van der Waals surface area contributed by atoms with Crippen molar-refractivity contribution in [1.82, 2.24) is 0 Å². The summed E-state index contributed by atoms with van der Waals surface area (Å²) in [6, 6.07) is 4.60. The standard InChI is InChI=1S/C15H21N3O4/c1-4-11(2)10-16(3)13-6-5-12(18(20)21)9-14(13)17-7-8-22-15(17)19/h5-6,9,11H,4,7-8,10H2,1-3H3. The first-order valence-corrected chi connectivity index (χ1v) is 7.38. The molecule has 1 fully saturated rings. The molecule has 7 heteroatoms. The number of amides is 1. The van der Waals surface area contributed by atoms with Crippen molar-refractivity contribution in [3.63, 3.8) is 0 Å². The normalized spacial score (nSPS) is 15.6. The van der Waals surface area contributed by atoms with Crippen molar-refractivity contribution >= 4 is 23.2 Å². The quantitative estimate of drug-likeness (QED) is 0.596. The predicted molar refractivity (Wildman–Crippen MR) is 84.5 cm³/mol. The predicted octanol–water partition coefficient (Wildman–Crippen LogP) is 3.03. The van der Waals surface area contributed by atoms with Crippen molar-refractivity contribution in [2.75, 3.05) is 36.5 Å². The molecular weight excluding hydrogens is 286 g/mol. The van der Waals surface area contributed by atoms with Gasteiger partial charge in [0.15, 0.2) is 0 Å². The van der Waals surface area contributed by atoms with Crippen LogP contribution in [0, 0.1) is 16.0 Å². The molecule has 1 aliphatic rings. The summed E-state index contributed by atoms with van der Waals surface area (Å²) < 4.78 is 4.96. The van der Waals surface area contributed by atoms with Gasteiger partial charge in [-0.1, -0.05) is 20.3 Å². The lowest BCUT2D eigenvalue weighted by Gasteiger charge is -2.27. The maximum atomic E-state index is 11.8. The van der Waals surface area contributed by atoms with Crippen molar-refractivity contribution in [1.29, 1.82) is 0 Å². The van der Waals surface area contributed by atoms with Crippen LogP contribution in [0.4, 0.5) is 21.9 Å². The van der Waals surface area contributed by atoms with Crippen LogP contribution in [-0.2, 0) is 4.74 Å². The van der Waals surface area contributed by atoms with Gasteiger partial charge in [-0.3, -0.25) is 15.0 Å². The van der Waals surface area contributed by atoms with E-state index in [0.717, 1.165) is 18.7 Å². The highest BCUT2D eigenvalue weighted by atomic mass is 16.6. The zero-order valence-corrected chi connectivity index (χ0v) is 13.1. The van der Waals surface area contributed by atoms with E-state index in [1.807, 2.05) is 11.9 Å². The van der Waals surface area contributed by atoms with Crippen molar-refractivity contribution < 1.29 is 14.5 Å². The third-order valence-electron chi connectivity index (χ3n) is 3.92. The van der Waals surface area contributed by atoms with Gasteiger partial charge in [0.1, 0.15) is 6.61 Å². The largest absolute Gasteiger partial charge is 0.447 e. The maximum Gasteiger partial charge on any atom is 0.414 e. The molecule has 2 rings (SSSR count). The molecule has 1 unspecified atom stereocenters. The molecule has 1 atom stereocenters. The van der Waals surface area contributed by atoms with E-state index in [1.165, 1.54) is 17.0 Å². The zero-order valence-electron chi connectivity index (χ0n) is 13.1. The number of ether oxygens (including phenoxy) is 1. The van der Waals surface area contributed by atoms with Crippen molar-refractivity contribution in [3.05, 3.63) is 28.3 Å². The van der Waals surface area contributed by atoms with Crippen LogP contribution in [0.2, 0.25) is 0 Å². The van der Waals surface area contributed by atoms with Gasteiger partial charge in [0, 0.05) is 25.7 Å². The fraction of sp³-hybridized carbons (Fsp3) is 0.533. The summed E-state index contributed by atoms with van der Waals surface area (Å²) in [4.78, 5) is 25.9. The summed E-state index contributed by atoms with van der Waals surface area (Å²) >= 11 is 0. The van der Waals surface area contributed by atoms with Gasteiger partial charge >= 0.3 is 6.09 Å². The zero-order chi connectivity index (χ0) is 16.3. The van der Waals surface area contributed by atoms with E-state index in [4.69, 9.17) is 4.74 Å². The molecule has 120 valence electrons. The van der Waals surface area contributed by atoms with Crippen LogP contribution in [-0.4, -0.2) is 37.8 Å². The molecule has 0 aromatic heterocycles. The molecule has 0 aliphatic carbocycles. The van der Waals surface area contributed by atoms with Crippen LogP contribution in [0.3, 0.4) is 0 Å². The summed E-state index contributed by atoms with van der Waals surface area (Å²) in [6.07, 6.45) is 0.581. The number of hydrogen-bond acceptors (Lipinski definition) is 5. The Morgan fingerprint density at radius 1 is 1.50 bits per heavy atom. The molecule has 0 spiro atoms. The number of cyclic esters (lactones) is 1. The van der Waals surface area contributed by atoms with Gasteiger partial charge in [0.25, 0.3) is 5.69 Å². The van der Waals surface area contributed by atoms with Gasteiger partial charge in [-0.05, 0) is 12.0 Å². The summed E-state index contributed by atoms with van der Waals surface area (Å²) in [5, 5.41) is 11.0. The molecule has 1 aliphatic heterocycles.